The molecule has 1 rings (SSSR count). The number of alkyl halides is 2. The van der Waals surface area contributed by atoms with Gasteiger partial charge in [-0.15, -0.1) is 0 Å². The molecule has 0 atom stereocenters. The van der Waals surface area contributed by atoms with Crippen molar-refractivity contribution >= 4 is 23.0 Å². The van der Waals surface area contributed by atoms with E-state index in [1.165, 1.54) is 6.07 Å². The van der Waals surface area contributed by atoms with E-state index in [4.69, 9.17) is 12.2 Å². The third-order valence-electron chi connectivity index (χ3n) is 2.24. The maximum Gasteiger partial charge on any atom is 0.387 e. The van der Waals surface area contributed by atoms with Gasteiger partial charge in [-0.05, 0) is 45.1 Å². The molecular weight excluding hydrogens is 284 g/mol. The maximum atomic E-state index is 12.3. The first kappa shape index (κ1) is 16.3. The quantitative estimate of drug-likeness (QED) is 0.499. The second-order valence-corrected chi connectivity index (χ2v) is 4.72. The van der Waals surface area contributed by atoms with Crippen molar-refractivity contribution in [1.29, 1.82) is 0 Å². The third kappa shape index (κ3) is 5.48. The molecule has 0 bridgehead atoms. The molecule has 7 heteroatoms. The molecule has 0 saturated carbocycles. The minimum atomic E-state index is -2.87. The van der Waals surface area contributed by atoms with Crippen LogP contribution in [-0.2, 0) is 0 Å². The van der Waals surface area contributed by atoms with Gasteiger partial charge in [0.1, 0.15) is 5.75 Å². The van der Waals surface area contributed by atoms with Crippen molar-refractivity contribution < 1.29 is 13.5 Å². The van der Waals surface area contributed by atoms with Crippen LogP contribution in [0.1, 0.15) is 26.3 Å². The summed E-state index contributed by atoms with van der Waals surface area (Å²) < 4.78 is 29.1. The van der Waals surface area contributed by atoms with E-state index in [9.17, 15) is 8.78 Å². The summed E-state index contributed by atoms with van der Waals surface area (Å²) in [5.41, 5.74) is 3.63. The molecule has 0 fully saturated rings. The Hall–Kier alpha value is -1.76. The van der Waals surface area contributed by atoms with Crippen LogP contribution in [0.3, 0.4) is 0 Å². The number of thiocarbonyl (C=S) groups is 1. The van der Waals surface area contributed by atoms with E-state index in [0.29, 0.717) is 16.4 Å². The Balaban J connectivity index is 2.80. The summed E-state index contributed by atoms with van der Waals surface area (Å²) in [6.45, 7) is 2.69. The van der Waals surface area contributed by atoms with Crippen LogP contribution in [0.15, 0.2) is 29.4 Å². The smallest absolute Gasteiger partial charge is 0.387 e. The van der Waals surface area contributed by atoms with Gasteiger partial charge in [0.15, 0.2) is 5.11 Å². The fourth-order valence-corrected chi connectivity index (χ4v) is 1.73. The molecule has 0 radical (unpaired) electrons. The molecule has 0 saturated heterocycles. The highest BCUT2D eigenvalue weighted by atomic mass is 32.1. The lowest BCUT2D eigenvalue weighted by atomic mass is 10.1. The molecule has 2 N–H and O–H groups in total. The van der Waals surface area contributed by atoms with Crippen LogP contribution in [0.4, 0.5) is 8.78 Å². The van der Waals surface area contributed by atoms with Gasteiger partial charge in [-0.2, -0.15) is 13.9 Å². The summed E-state index contributed by atoms with van der Waals surface area (Å²) in [6, 6.07) is 6.63. The first-order valence-electron chi connectivity index (χ1n) is 6.05. The largest absolute Gasteiger partial charge is 0.434 e. The lowest BCUT2D eigenvalue weighted by molar-refractivity contribution is -0.0499. The first-order valence-corrected chi connectivity index (χ1v) is 6.46. The van der Waals surface area contributed by atoms with Gasteiger partial charge in [0.05, 0.1) is 5.71 Å². The van der Waals surface area contributed by atoms with Crippen LogP contribution in [0.5, 0.6) is 5.75 Å². The van der Waals surface area contributed by atoms with Gasteiger partial charge in [-0.3, -0.25) is 5.43 Å². The SMILES string of the molecule is C/C(=N\NC(=S)NC(C)C)c1ccccc1OC(F)F. The Morgan fingerprint density at radius 3 is 2.55 bits per heavy atom. The Kier molecular flexibility index (Phi) is 6.30. The van der Waals surface area contributed by atoms with E-state index >= 15 is 0 Å². The molecule has 1 aromatic carbocycles. The number of hydrazone groups is 1. The number of para-hydroxylation sites is 1. The molecule has 110 valence electrons. The van der Waals surface area contributed by atoms with Crippen molar-refractivity contribution in [3.8, 4) is 5.75 Å². The first-order chi connectivity index (χ1) is 9.40. The highest BCUT2D eigenvalue weighted by molar-refractivity contribution is 7.80. The predicted octanol–water partition coefficient (Wildman–Crippen LogP) is 2.88. The number of halogens is 2. The second kappa shape index (κ2) is 7.74. The number of nitrogens with one attached hydrogen (secondary N) is 2. The summed E-state index contributed by atoms with van der Waals surface area (Å²) in [5.74, 6) is 0.0771. The fraction of sp³-hybridized carbons (Fsp3) is 0.385. The van der Waals surface area contributed by atoms with E-state index in [1.54, 1.807) is 25.1 Å². The van der Waals surface area contributed by atoms with Crippen molar-refractivity contribution in [2.75, 3.05) is 0 Å². The summed E-state index contributed by atoms with van der Waals surface area (Å²) >= 11 is 5.02. The normalized spacial score (nSPS) is 11.7. The van der Waals surface area contributed by atoms with Gasteiger partial charge in [-0.1, -0.05) is 12.1 Å². The molecule has 0 aliphatic rings. The molecule has 0 aliphatic heterocycles. The molecule has 0 spiro atoms. The van der Waals surface area contributed by atoms with E-state index < -0.39 is 6.61 Å². The maximum absolute atomic E-state index is 12.3. The van der Waals surface area contributed by atoms with Crippen LogP contribution in [-0.4, -0.2) is 23.5 Å². The van der Waals surface area contributed by atoms with Crippen LogP contribution in [0.2, 0.25) is 0 Å². The molecule has 4 nitrogen and oxygen atoms in total. The van der Waals surface area contributed by atoms with Crippen molar-refractivity contribution in [2.24, 2.45) is 5.10 Å². The Morgan fingerprint density at radius 2 is 1.95 bits per heavy atom. The van der Waals surface area contributed by atoms with E-state index in [-0.39, 0.29) is 11.8 Å². The minimum Gasteiger partial charge on any atom is -0.434 e. The minimum absolute atomic E-state index is 0.0771. The van der Waals surface area contributed by atoms with Gasteiger partial charge in [0, 0.05) is 11.6 Å². The monoisotopic (exact) mass is 301 g/mol. The number of hydrogen-bond donors (Lipinski definition) is 2. The summed E-state index contributed by atoms with van der Waals surface area (Å²) in [7, 11) is 0. The average Bonchev–Trinajstić information content (AvgIpc) is 2.35. The van der Waals surface area contributed by atoms with Gasteiger partial charge in [-0.25, -0.2) is 0 Å². The highest BCUT2D eigenvalue weighted by Gasteiger charge is 2.11. The lowest BCUT2D eigenvalue weighted by Gasteiger charge is -2.12. The van der Waals surface area contributed by atoms with Crippen molar-refractivity contribution in [3.05, 3.63) is 29.8 Å². The Morgan fingerprint density at radius 1 is 1.30 bits per heavy atom. The zero-order chi connectivity index (χ0) is 15.1. The molecule has 20 heavy (non-hydrogen) atoms. The number of hydrogen-bond acceptors (Lipinski definition) is 3. The van der Waals surface area contributed by atoms with Crippen LogP contribution in [0.25, 0.3) is 0 Å². The number of ether oxygens (including phenoxy) is 1. The number of nitrogens with zero attached hydrogens (tertiary/aromatic N) is 1. The molecule has 0 aromatic heterocycles. The highest BCUT2D eigenvalue weighted by Crippen LogP contribution is 2.20. The van der Waals surface area contributed by atoms with E-state index in [0.717, 1.165) is 0 Å². The Bertz CT molecular complexity index is 492. The molecule has 0 amide bonds. The standard InChI is InChI=1S/C13H17F2N3OS/c1-8(2)16-13(20)18-17-9(3)10-6-4-5-7-11(10)19-12(14)15/h4-8,12H,1-3H3,(H2,16,18,20)/b17-9+. The predicted molar refractivity (Wildman–Crippen MR) is 79.3 cm³/mol. The zero-order valence-electron chi connectivity index (χ0n) is 11.5. The molecule has 0 heterocycles. The van der Waals surface area contributed by atoms with Crippen LogP contribution < -0.4 is 15.5 Å². The summed E-state index contributed by atoms with van der Waals surface area (Å²) in [5, 5.41) is 7.38. The van der Waals surface area contributed by atoms with Crippen molar-refractivity contribution in [1.82, 2.24) is 10.7 Å². The molecular formula is C13H17F2N3OS. The van der Waals surface area contributed by atoms with Crippen molar-refractivity contribution in [3.63, 3.8) is 0 Å². The number of benzene rings is 1. The molecule has 1 aromatic rings. The number of rotatable bonds is 5. The molecule has 0 unspecified atom stereocenters. The van der Waals surface area contributed by atoms with Gasteiger partial charge >= 0.3 is 6.61 Å². The van der Waals surface area contributed by atoms with Crippen molar-refractivity contribution in [2.45, 2.75) is 33.4 Å². The zero-order valence-corrected chi connectivity index (χ0v) is 12.3. The van der Waals surface area contributed by atoms with Gasteiger partial charge in [0.25, 0.3) is 0 Å². The molecule has 0 aliphatic carbocycles. The topological polar surface area (TPSA) is 45.7 Å². The second-order valence-electron chi connectivity index (χ2n) is 4.31. The van der Waals surface area contributed by atoms with E-state index in [2.05, 4.69) is 20.6 Å². The fourth-order valence-electron chi connectivity index (χ4n) is 1.45. The van der Waals surface area contributed by atoms with E-state index in [1.807, 2.05) is 13.8 Å². The Labute approximate surface area is 122 Å². The van der Waals surface area contributed by atoms with Crippen LogP contribution in [0, 0.1) is 0 Å². The summed E-state index contributed by atoms with van der Waals surface area (Å²) in [6.07, 6.45) is 0. The van der Waals surface area contributed by atoms with Gasteiger partial charge < -0.3 is 10.1 Å². The average molecular weight is 301 g/mol. The lowest BCUT2D eigenvalue weighted by Crippen LogP contribution is -2.37. The third-order valence-corrected chi connectivity index (χ3v) is 2.45. The van der Waals surface area contributed by atoms with Gasteiger partial charge in [0.2, 0.25) is 0 Å². The summed E-state index contributed by atoms with van der Waals surface area (Å²) in [4.78, 5) is 0. The van der Waals surface area contributed by atoms with Crippen LogP contribution >= 0.6 is 12.2 Å².